The topological polar surface area (TPSA) is 75.9 Å². The lowest BCUT2D eigenvalue weighted by Gasteiger charge is -2.39. The number of non-ortho nitro benzene ring substituents is 1. The number of nitrogens with zero attached hydrogens (tertiary/aromatic N) is 3. The molecule has 120 valence electrons. The van der Waals surface area contributed by atoms with Crippen molar-refractivity contribution in [3.8, 4) is 5.75 Å². The molecule has 1 aromatic rings. The van der Waals surface area contributed by atoms with Gasteiger partial charge in [-0.25, -0.2) is 0 Å². The van der Waals surface area contributed by atoms with E-state index in [1.165, 1.54) is 12.1 Å². The Kier molecular flexibility index (Phi) is 5.32. The van der Waals surface area contributed by atoms with Crippen LogP contribution in [0.2, 0.25) is 0 Å². The molecule has 1 heterocycles. The van der Waals surface area contributed by atoms with Crippen LogP contribution in [-0.4, -0.2) is 59.5 Å². The van der Waals surface area contributed by atoms with Gasteiger partial charge in [-0.1, -0.05) is 0 Å². The van der Waals surface area contributed by atoms with Gasteiger partial charge in [0.05, 0.1) is 4.92 Å². The normalized spacial score (nSPS) is 19.0. The minimum atomic E-state index is -0.431. The zero-order valence-electron chi connectivity index (χ0n) is 12.9. The van der Waals surface area contributed by atoms with Gasteiger partial charge < -0.3 is 9.64 Å². The first-order valence-corrected chi connectivity index (χ1v) is 7.34. The maximum Gasteiger partial charge on any atom is 0.269 e. The summed E-state index contributed by atoms with van der Waals surface area (Å²) in [5.41, 5.74) is 0.0570. The monoisotopic (exact) mass is 307 g/mol. The van der Waals surface area contributed by atoms with E-state index in [9.17, 15) is 14.9 Å². The zero-order chi connectivity index (χ0) is 16.1. The SMILES string of the molecule is CC(=O)N1CCN(CCOc2ccc([N+](=O)[O-])cc2)C[C@H]1C. The van der Waals surface area contributed by atoms with Gasteiger partial charge in [-0.05, 0) is 19.1 Å². The molecule has 0 radical (unpaired) electrons. The highest BCUT2D eigenvalue weighted by atomic mass is 16.6. The molecule has 1 aliphatic rings. The molecule has 7 heteroatoms. The molecule has 1 saturated heterocycles. The lowest BCUT2D eigenvalue weighted by Crippen LogP contribution is -2.54. The summed E-state index contributed by atoms with van der Waals surface area (Å²) in [6, 6.07) is 6.29. The average Bonchev–Trinajstić information content (AvgIpc) is 2.47. The molecule has 0 saturated carbocycles. The highest BCUT2D eigenvalue weighted by molar-refractivity contribution is 5.73. The number of hydrogen-bond donors (Lipinski definition) is 0. The number of amides is 1. The molecule has 0 aromatic heterocycles. The van der Waals surface area contributed by atoms with E-state index < -0.39 is 4.92 Å². The predicted molar refractivity (Wildman–Crippen MR) is 81.9 cm³/mol. The van der Waals surface area contributed by atoms with E-state index in [4.69, 9.17) is 4.74 Å². The van der Waals surface area contributed by atoms with Gasteiger partial charge in [0.1, 0.15) is 12.4 Å². The van der Waals surface area contributed by atoms with E-state index in [1.807, 2.05) is 11.8 Å². The molecule has 0 aliphatic carbocycles. The van der Waals surface area contributed by atoms with Crippen molar-refractivity contribution in [2.24, 2.45) is 0 Å². The Balaban J connectivity index is 1.75. The second kappa shape index (κ2) is 7.22. The second-order valence-electron chi connectivity index (χ2n) is 5.46. The number of carbonyl (C=O) groups excluding carboxylic acids is 1. The molecule has 0 spiro atoms. The Hall–Kier alpha value is -2.15. The summed E-state index contributed by atoms with van der Waals surface area (Å²) in [5.74, 6) is 0.746. The average molecular weight is 307 g/mol. The predicted octanol–water partition coefficient (Wildman–Crippen LogP) is 1.53. The summed E-state index contributed by atoms with van der Waals surface area (Å²) in [6.07, 6.45) is 0. The summed E-state index contributed by atoms with van der Waals surface area (Å²) >= 11 is 0. The number of nitro benzene ring substituents is 1. The summed E-state index contributed by atoms with van der Waals surface area (Å²) in [7, 11) is 0. The van der Waals surface area contributed by atoms with E-state index in [2.05, 4.69) is 4.90 Å². The quantitative estimate of drug-likeness (QED) is 0.609. The van der Waals surface area contributed by atoms with Crippen molar-refractivity contribution in [1.29, 1.82) is 0 Å². The van der Waals surface area contributed by atoms with Crippen LogP contribution in [0, 0.1) is 10.1 Å². The van der Waals surface area contributed by atoms with E-state index in [0.29, 0.717) is 12.4 Å². The minimum Gasteiger partial charge on any atom is -0.492 e. The molecular formula is C15H21N3O4. The number of hydrogen-bond acceptors (Lipinski definition) is 5. The fourth-order valence-corrected chi connectivity index (χ4v) is 2.66. The summed E-state index contributed by atoms with van der Waals surface area (Å²) in [5, 5.41) is 10.6. The lowest BCUT2D eigenvalue weighted by molar-refractivity contribution is -0.384. The number of rotatable bonds is 5. The molecule has 22 heavy (non-hydrogen) atoms. The van der Waals surface area contributed by atoms with Gasteiger partial charge in [-0.3, -0.25) is 19.8 Å². The van der Waals surface area contributed by atoms with Crippen molar-refractivity contribution in [2.75, 3.05) is 32.8 Å². The van der Waals surface area contributed by atoms with Gasteiger partial charge in [0.15, 0.2) is 0 Å². The Morgan fingerprint density at radius 2 is 2.05 bits per heavy atom. The van der Waals surface area contributed by atoms with Crippen LogP contribution in [0.3, 0.4) is 0 Å². The molecule has 1 amide bonds. The van der Waals surface area contributed by atoms with Crippen LogP contribution in [0.1, 0.15) is 13.8 Å². The van der Waals surface area contributed by atoms with Crippen molar-refractivity contribution in [2.45, 2.75) is 19.9 Å². The highest BCUT2D eigenvalue weighted by Gasteiger charge is 2.24. The molecule has 0 N–H and O–H groups in total. The molecule has 1 atom stereocenters. The second-order valence-corrected chi connectivity index (χ2v) is 5.46. The van der Waals surface area contributed by atoms with Gasteiger partial charge in [-0.15, -0.1) is 0 Å². The van der Waals surface area contributed by atoms with E-state index in [0.717, 1.165) is 26.2 Å². The molecule has 0 bridgehead atoms. The summed E-state index contributed by atoms with van der Waals surface area (Å²) in [4.78, 5) is 25.7. The first-order chi connectivity index (χ1) is 10.5. The molecule has 7 nitrogen and oxygen atoms in total. The first kappa shape index (κ1) is 16.2. The van der Waals surface area contributed by atoms with Crippen LogP contribution < -0.4 is 4.74 Å². The Morgan fingerprint density at radius 3 is 2.59 bits per heavy atom. The third-order valence-electron chi connectivity index (χ3n) is 3.84. The minimum absolute atomic E-state index is 0.0570. The maximum absolute atomic E-state index is 11.4. The standard InChI is InChI=1S/C15H21N3O4/c1-12-11-16(7-8-17(12)13(2)19)9-10-22-15-5-3-14(4-6-15)18(20)21/h3-6,12H,7-11H2,1-2H3/t12-/m1/s1. The van der Waals surface area contributed by atoms with Gasteiger partial charge in [0, 0.05) is 51.3 Å². The van der Waals surface area contributed by atoms with E-state index in [1.54, 1.807) is 19.1 Å². The lowest BCUT2D eigenvalue weighted by atomic mass is 10.2. The zero-order valence-corrected chi connectivity index (χ0v) is 12.9. The fourth-order valence-electron chi connectivity index (χ4n) is 2.66. The van der Waals surface area contributed by atoms with Gasteiger partial charge in [0.25, 0.3) is 5.69 Å². The van der Waals surface area contributed by atoms with Crippen LogP contribution in [0.5, 0.6) is 5.75 Å². The highest BCUT2D eigenvalue weighted by Crippen LogP contribution is 2.17. The van der Waals surface area contributed by atoms with Gasteiger partial charge >= 0.3 is 0 Å². The molecule has 2 rings (SSSR count). The Labute approximate surface area is 129 Å². The van der Waals surface area contributed by atoms with Crippen LogP contribution >= 0.6 is 0 Å². The fraction of sp³-hybridized carbons (Fsp3) is 0.533. The van der Waals surface area contributed by atoms with E-state index in [-0.39, 0.29) is 17.6 Å². The number of nitro groups is 1. The molecule has 1 fully saturated rings. The largest absolute Gasteiger partial charge is 0.492 e. The Bertz CT molecular complexity index is 532. The summed E-state index contributed by atoms with van der Waals surface area (Å²) < 4.78 is 5.61. The number of ether oxygens (including phenoxy) is 1. The maximum atomic E-state index is 11.4. The van der Waals surface area contributed by atoms with Crippen LogP contribution in [0.25, 0.3) is 0 Å². The third-order valence-corrected chi connectivity index (χ3v) is 3.84. The third kappa shape index (κ3) is 4.17. The van der Waals surface area contributed by atoms with Crippen molar-refractivity contribution >= 4 is 11.6 Å². The molecule has 1 aliphatic heterocycles. The van der Waals surface area contributed by atoms with Crippen molar-refractivity contribution in [3.63, 3.8) is 0 Å². The number of benzene rings is 1. The van der Waals surface area contributed by atoms with Crippen molar-refractivity contribution in [3.05, 3.63) is 34.4 Å². The molecule has 0 unspecified atom stereocenters. The van der Waals surface area contributed by atoms with Gasteiger partial charge in [0.2, 0.25) is 5.91 Å². The van der Waals surface area contributed by atoms with Gasteiger partial charge in [-0.2, -0.15) is 0 Å². The number of carbonyl (C=O) groups is 1. The van der Waals surface area contributed by atoms with E-state index >= 15 is 0 Å². The van der Waals surface area contributed by atoms with Crippen molar-refractivity contribution < 1.29 is 14.5 Å². The molecular weight excluding hydrogens is 286 g/mol. The van der Waals surface area contributed by atoms with Crippen LogP contribution in [-0.2, 0) is 4.79 Å². The summed E-state index contributed by atoms with van der Waals surface area (Å²) in [6.45, 7) is 7.36. The van der Waals surface area contributed by atoms with Crippen LogP contribution in [0.15, 0.2) is 24.3 Å². The smallest absolute Gasteiger partial charge is 0.269 e. The van der Waals surface area contributed by atoms with Crippen molar-refractivity contribution in [1.82, 2.24) is 9.80 Å². The first-order valence-electron chi connectivity index (χ1n) is 7.34. The Morgan fingerprint density at radius 1 is 1.36 bits per heavy atom. The molecule has 1 aromatic carbocycles. The van der Waals surface area contributed by atoms with Crippen LogP contribution in [0.4, 0.5) is 5.69 Å². The number of piperazine rings is 1.